The number of benzene rings is 2. The molecule has 0 aromatic heterocycles. The van der Waals surface area contributed by atoms with Crippen LogP contribution >= 0.6 is 0 Å². The second kappa shape index (κ2) is 6.97. The van der Waals surface area contributed by atoms with Gasteiger partial charge in [0.25, 0.3) is 5.91 Å². The SMILES string of the molecule is NCC1CCN(C(=O)c2ccc(Oc3ccc(F)cc3F)cc2)C1. The van der Waals surface area contributed by atoms with Crippen LogP contribution in [0.5, 0.6) is 11.5 Å². The van der Waals surface area contributed by atoms with E-state index in [1.54, 1.807) is 29.2 Å². The average molecular weight is 332 g/mol. The molecule has 3 rings (SSSR count). The van der Waals surface area contributed by atoms with Gasteiger partial charge in [-0.3, -0.25) is 4.79 Å². The van der Waals surface area contributed by atoms with Gasteiger partial charge in [0.15, 0.2) is 11.6 Å². The molecule has 1 unspecified atom stereocenters. The van der Waals surface area contributed by atoms with Crippen LogP contribution in [0, 0.1) is 17.6 Å². The van der Waals surface area contributed by atoms with Gasteiger partial charge in [-0.15, -0.1) is 0 Å². The molecule has 1 saturated heterocycles. The Bertz CT molecular complexity index is 734. The molecule has 24 heavy (non-hydrogen) atoms. The van der Waals surface area contributed by atoms with Crippen molar-refractivity contribution in [3.8, 4) is 11.5 Å². The normalized spacial score (nSPS) is 17.1. The van der Waals surface area contributed by atoms with Crippen molar-refractivity contribution in [3.63, 3.8) is 0 Å². The van der Waals surface area contributed by atoms with E-state index in [0.29, 0.717) is 36.9 Å². The Labute approximate surface area is 138 Å². The van der Waals surface area contributed by atoms with Crippen molar-refractivity contribution in [2.24, 2.45) is 11.7 Å². The first kappa shape index (κ1) is 16.4. The summed E-state index contributed by atoms with van der Waals surface area (Å²) in [5.41, 5.74) is 6.18. The maximum atomic E-state index is 13.6. The van der Waals surface area contributed by atoms with Crippen molar-refractivity contribution in [3.05, 3.63) is 59.7 Å². The van der Waals surface area contributed by atoms with Gasteiger partial charge in [0.2, 0.25) is 0 Å². The summed E-state index contributed by atoms with van der Waals surface area (Å²) in [5.74, 6) is -0.829. The van der Waals surface area contributed by atoms with Gasteiger partial charge in [0, 0.05) is 24.7 Å². The zero-order valence-corrected chi connectivity index (χ0v) is 13.0. The van der Waals surface area contributed by atoms with Gasteiger partial charge in [-0.2, -0.15) is 0 Å². The molecule has 1 heterocycles. The molecule has 4 nitrogen and oxygen atoms in total. The van der Waals surface area contributed by atoms with E-state index in [0.717, 1.165) is 18.6 Å². The predicted molar refractivity (Wildman–Crippen MR) is 85.9 cm³/mol. The number of ether oxygens (including phenoxy) is 1. The van der Waals surface area contributed by atoms with E-state index >= 15 is 0 Å². The molecule has 0 spiro atoms. The molecule has 0 bridgehead atoms. The fourth-order valence-electron chi connectivity index (χ4n) is 2.74. The molecule has 1 atom stereocenters. The Hall–Kier alpha value is -2.47. The van der Waals surface area contributed by atoms with Crippen LogP contribution in [0.2, 0.25) is 0 Å². The molecule has 0 saturated carbocycles. The molecule has 1 fully saturated rings. The van der Waals surface area contributed by atoms with Crippen LogP contribution in [0.25, 0.3) is 0 Å². The first-order valence-corrected chi connectivity index (χ1v) is 7.79. The lowest BCUT2D eigenvalue weighted by Gasteiger charge is -2.16. The molecular weight excluding hydrogens is 314 g/mol. The third-order valence-corrected chi connectivity index (χ3v) is 4.13. The predicted octanol–water partition coefficient (Wildman–Crippen LogP) is 3.18. The number of amides is 1. The molecular formula is C18H18F2N2O2. The van der Waals surface area contributed by atoms with Crippen LogP contribution in [0.15, 0.2) is 42.5 Å². The first-order chi connectivity index (χ1) is 11.6. The highest BCUT2D eigenvalue weighted by atomic mass is 19.1. The fourth-order valence-corrected chi connectivity index (χ4v) is 2.74. The van der Waals surface area contributed by atoms with E-state index < -0.39 is 11.6 Å². The van der Waals surface area contributed by atoms with Crippen LogP contribution in [0.4, 0.5) is 8.78 Å². The molecule has 126 valence electrons. The van der Waals surface area contributed by atoms with Gasteiger partial charge in [0.05, 0.1) is 0 Å². The third-order valence-electron chi connectivity index (χ3n) is 4.13. The standard InChI is InChI=1S/C18H18F2N2O2/c19-14-3-6-17(16(20)9-14)24-15-4-1-13(2-5-15)18(23)22-8-7-12(10-21)11-22/h1-6,9,12H,7-8,10-11,21H2. The number of nitrogens with zero attached hydrogens (tertiary/aromatic N) is 1. The maximum Gasteiger partial charge on any atom is 0.253 e. The van der Waals surface area contributed by atoms with Crippen molar-refractivity contribution in [1.82, 2.24) is 4.90 Å². The lowest BCUT2D eigenvalue weighted by Crippen LogP contribution is -2.29. The van der Waals surface area contributed by atoms with Gasteiger partial charge in [-0.25, -0.2) is 8.78 Å². The van der Waals surface area contributed by atoms with Gasteiger partial charge < -0.3 is 15.4 Å². The summed E-state index contributed by atoms with van der Waals surface area (Å²) < 4.78 is 31.8. The minimum Gasteiger partial charge on any atom is -0.454 e. The Morgan fingerprint density at radius 1 is 1.21 bits per heavy atom. The number of nitrogens with two attached hydrogens (primary N) is 1. The Morgan fingerprint density at radius 3 is 2.58 bits per heavy atom. The average Bonchev–Trinajstić information content (AvgIpc) is 3.06. The van der Waals surface area contributed by atoms with Crippen molar-refractivity contribution in [2.75, 3.05) is 19.6 Å². The van der Waals surface area contributed by atoms with Gasteiger partial charge in [0.1, 0.15) is 11.6 Å². The number of carbonyl (C=O) groups excluding carboxylic acids is 1. The highest BCUT2D eigenvalue weighted by Crippen LogP contribution is 2.26. The van der Waals surface area contributed by atoms with E-state index in [-0.39, 0.29) is 11.7 Å². The topological polar surface area (TPSA) is 55.6 Å². The molecule has 1 aliphatic heterocycles. The molecule has 1 aliphatic rings. The lowest BCUT2D eigenvalue weighted by molar-refractivity contribution is 0.0787. The number of rotatable bonds is 4. The minimum atomic E-state index is -0.778. The number of hydrogen-bond acceptors (Lipinski definition) is 3. The van der Waals surface area contributed by atoms with Crippen LogP contribution in [-0.2, 0) is 0 Å². The second-order valence-electron chi connectivity index (χ2n) is 5.84. The molecule has 2 aromatic carbocycles. The summed E-state index contributed by atoms with van der Waals surface area (Å²) in [5, 5.41) is 0. The second-order valence-corrected chi connectivity index (χ2v) is 5.84. The van der Waals surface area contributed by atoms with Crippen LogP contribution in [0.3, 0.4) is 0 Å². The number of likely N-dealkylation sites (tertiary alicyclic amines) is 1. The monoisotopic (exact) mass is 332 g/mol. The number of carbonyl (C=O) groups is 1. The van der Waals surface area contributed by atoms with E-state index in [4.69, 9.17) is 10.5 Å². The van der Waals surface area contributed by atoms with E-state index in [2.05, 4.69) is 0 Å². The summed E-state index contributed by atoms with van der Waals surface area (Å²) in [6.07, 6.45) is 0.924. The summed E-state index contributed by atoms with van der Waals surface area (Å²) in [7, 11) is 0. The summed E-state index contributed by atoms with van der Waals surface area (Å²) >= 11 is 0. The molecule has 0 aliphatic carbocycles. The molecule has 6 heteroatoms. The molecule has 1 amide bonds. The maximum absolute atomic E-state index is 13.6. The quantitative estimate of drug-likeness (QED) is 0.935. The largest absolute Gasteiger partial charge is 0.454 e. The fraction of sp³-hybridized carbons (Fsp3) is 0.278. The van der Waals surface area contributed by atoms with Gasteiger partial charge in [-0.05, 0) is 55.3 Å². The summed E-state index contributed by atoms with van der Waals surface area (Å²) in [6.45, 7) is 1.97. The Kier molecular flexibility index (Phi) is 4.76. The Morgan fingerprint density at radius 2 is 1.96 bits per heavy atom. The van der Waals surface area contributed by atoms with Crippen LogP contribution in [0.1, 0.15) is 16.8 Å². The summed E-state index contributed by atoms with van der Waals surface area (Å²) in [4.78, 5) is 14.2. The van der Waals surface area contributed by atoms with E-state index in [1.165, 1.54) is 6.07 Å². The highest BCUT2D eigenvalue weighted by Gasteiger charge is 2.25. The number of hydrogen-bond donors (Lipinski definition) is 1. The zero-order valence-electron chi connectivity index (χ0n) is 13.0. The summed E-state index contributed by atoms with van der Waals surface area (Å²) in [6, 6.07) is 9.55. The lowest BCUT2D eigenvalue weighted by atomic mass is 10.1. The van der Waals surface area contributed by atoms with Crippen LogP contribution < -0.4 is 10.5 Å². The highest BCUT2D eigenvalue weighted by molar-refractivity contribution is 5.94. The molecule has 2 N–H and O–H groups in total. The van der Waals surface area contributed by atoms with E-state index in [1.807, 2.05) is 0 Å². The van der Waals surface area contributed by atoms with E-state index in [9.17, 15) is 13.6 Å². The van der Waals surface area contributed by atoms with Crippen molar-refractivity contribution in [2.45, 2.75) is 6.42 Å². The minimum absolute atomic E-state index is 0.0505. The van der Waals surface area contributed by atoms with Gasteiger partial charge in [-0.1, -0.05) is 0 Å². The zero-order chi connectivity index (χ0) is 17.1. The third kappa shape index (κ3) is 3.54. The van der Waals surface area contributed by atoms with Gasteiger partial charge >= 0.3 is 0 Å². The van der Waals surface area contributed by atoms with Crippen LogP contribution in [-0.4, -0.2) is 30.4 Å². The number of halogens is 2. The Balaban J connectivity index is 1.68. The molecule has 2 aromatic rings. The van der Waals surface area contributed by atoms with Crippen molar-refractivity contribution >= 4 is 5.91 Å². The molecule has 0 radical (unpaired) electrons. The van der Waals surface area contributed by atoms with Crippen molar-refractivity contribution < 1.29 is 18.3 Å². The first-order valence-electron chi connectivity index (χ1n) is 7.79. The smallest absolute Gasteiger partial charge is 0.253 e. The van der Waals surface area contributed by atoms with Crippen molar-refractivity contribution in [1.29, 1.82) is 0 Å².